The Kier molecular flexibility index (Phi) is 4.53. The zero-order valence-electron chi connectivity index (χ0n) is 15.5. The summed E-state index contributed by atoms with van der Waals surface area (Å²) in [7, 11) is 1.64. The molecule has 1 aliphatic rings. The van der Waals surface area contributed by atoms with E-state index in [1.165, 1.54) is 0 Å². The lowest BCUT2D eigenvalue weighted by atomic mass is 9.96. The molecule has 1 aromatic heterocycles. The topological polar surface area (TPSA) is 63.1 Å². The molecule has 0 fully saturated rings. The van der Waals surface area contributed by atoms with E-state index < -0.39 is 28.9 Å². The van der Waals surface area contributed by atoms with Gasteiger partial charge in [0.2, 0.25) is 0 Å². The molecular weight excluding hydrogens is 359 g/mol. The van der Waals surface area contributed by atoms with E-state index in [9.17, 15) is 22.8 Å². The van der Waals surface area contributed by atoms with Crippen molar-refractivity contribution < 1.29 is 22.8 Å². The van der Waals surface area contributed by atoms with Crippen LogP contribution in [-0.4, -0.2) is 21.9 Å². The van der Waals surface area contributed by atoms with Crippen molar-refractivity contribution in [3.63, 3.8) is 0 Å². The third-order valence-electron chi connectivity index (χ3n) is 4.92. The minimum atomic E-state index is -1.60. The summed E-state index contributed by atoms with van der Waals surface area (Å²) in [6, 6.07) is 1.42. The number of fused-ring (bicyclic) bond motifs is 1. The molecule has 3 rings (SSSR count). The van der Waals surface area contributed by atoms with Gasteiger partial charge in [0.05, 0.1) is 5.56 Å². The highest BCUT2D eigenvalue weighted by Crippen LogP contribution is 2.30. The molecule has 0 spiro atoms. The Morgan fingerprint density at radius 3 is 2.41 bits per heavy atom. The fraction of sp³-hybridized carbons (Fsp3) is 0.368. The molecule has 5 nitrogen and oxygen atoms in total. The Bertz CT molecular complexity index is 941. The van der Waals surface area contributed by atoms with Crippen molar-refractivity contribution in [3.05, 3.63) is 52.1 Å². The van der Waals surface area contributed by atoms with E-state index in [1.807, 2.05) is 13.8 Å². The highest BCUT2D eigenvalue weighted by Gasteiger charge is 2.34. The SMILES string of the molecule is Cc1c2c(c(C(=O)Nc3cc(F)c(F)c(F)c3)n1C)CCC(C)(C)NC2=O. The van der Waals surface area contributed by atoms with Gasteiger partial charge in [-0.2, -0.15) is 0 Å². The second kappa shape index (κ2) is 6.44. The highest BCUT2D eigenvalue weighted by molar-refractivity contribution is 6.08. The molecule has 2 aromatic rings. The molecule has 8 heteroatoms. The van der Waals surface area contributed by atoms with Crippen LogP contribution in [0.3, 0.4) is 0 Å². The lowest BCUT2D eigenvalue weighted by molar-refractivity contribution is 0.0914. The number of aromatic nitrogens is 1. The summed E-state index contributed by atoms with van der Waals surface area (Å²) in [4.78, 5) is 25.4. The molecule has 0 bridgehead atoms. The minimum absolute atomic E-state index is 0.206. The third kappa shape index (κ3) is 3.31. The van der Waals surface area contributed by atoms with E-state index in [-0.39, 0.29) is 17.3 Å². The number of rotatable bonds is 2. The van der Waals surface area contributed by atoms with E-state index in [0.29, 0.717) is 41.8 Å². The first-order valence-electron chi connectivity index (χ1n) is 8.48. The maximum Gasteiger partial charge on any atom is 0.272 e. The maximum atomic E-state index is 13.4. The number of hydrogen-bond donors (Lipinski definition) is 2. The molecule has 144 valence electrons. The van der Waals surface area contributed by atoms with Crippen LogP contribution in [0.5, 0.6) is 0 Å². The van der Waals surface area contributed by atoms with Gasteiger partial charge >= 0.3 is 0 Å². The number of anilines is 1. The largest absolute Gasteiger partial charge is 0.347 e. The third-order valence-corrected chi connectivity index (χ3v) is 4.92. The maximum absolute atomic E-state index is 13.4. The van der Waals surface area contributed by atoms with Crippen LogP contribution in [0.15, 0.2) is 12.1 Å². The van der Waals surface area contributed by atoms with Crippen molar-refractivity contribution >= 4 is 17.5 Å². The minimum Gasteiger partial charge on any atom is -0.347 e. The molecule has 0 saturated heterocycles. The predicted molar refractivity (Wildman–Crippen MR) is 94.3 cm³/mol. The van der Waals surface area contributed by atoms with Crippen molar-refractivity contribution in [1.29, 1.82) is 0 Å². The van der Waals surface area contributed by atoms with Crippen LogP contribution in [0.2, 0.25) is 0 Å². The second-order valence-corrected chi connectivity index (χ2v) is 7.39. The van der Waals surface area contributed by atoms with Gasteiger partial charge < -0.3 is 15.2 Å². The van der Waals surface area contributed by atoms with E-state index in [0.717, 1.165) is 0 Å². The zero-order valence-corrected chi connectivity index (χ0v) is 15.5. The number of nitrogens with zero attached hydrogens (tertiary/aromatic N) is 1. The van der Waals surface area contributed by atoms with Crippen LogP contribution in [-0.2, 0) is 13.5 Å². The number of carbonyl (C=O) groups is 2. The summed E-state index contributed by atoms with van der Waals surface area (Å²) in [6.07, 6.45) is 1.10. The summed E-state index contributed by atoms with van der Waals surface area (Å²) in [6.45, 7) is 5.52. The van der Waals surface area contributed by atoms with Gasteiger partial charge in [0, 0.05) is 36.1 Å². The lowest BCUT2D eigenvalue weighted by Gasteiger charge is -2.23. The molecule has 2 heterocycles. The molecule has 1 aromatic carbocycles. The standard InChI is InChI=1S/C19H20F3N3O2/c1-9-14-11(5-6-19(2,3)24-17(14)26)16(25(9)4)18(27)23-10-7-12(20)15(22)13(21)8-10/h7-8H,5-6H2,1-4H3,(H,23,27)(H,24,26). The number of halogens is 3. The van der Waals surface area contributed by atoms with Gasteiger partial charge in [-0.15, -0.1) is 0 Å². The molecule has 1 aliphatic heterocycles. The monoisotopic (exact) mass is 379 g/mol. The van der Waals surface area contributed by atoms with Gasteiger partial charge in [-0.3, -0.25) is 9.59 Å². The van der Waals surface area contributed by atoms with Crippen molar-refractivity contribution in [3.8, 4) is 0 Å². The van der Waals surface area contributed by atoms with E-state index in [4.69, 9.17) is 0 Å². The molecule has 0 saturated carbocycles. The van der Waals surface area contributed by atoms with Gasteiger partial charge in [0.15, 0.2) is 17.5 Å². The Hall–Kier alpha value is -2.77. The Morgan fingerprint density at radius 2 is 1.81 bits per heavy atom. The number of nitrogens with one attached hydrogen (secondary N) is 2. The van der Waals surface area contributed by atoms with Gasteiger partial charge in [-0.1, -0.05) is 0 Å². The van der Waals surface area contributed by atoms with Crippen molar-refractivity contribution in [1.82, 2.24) is 9.88 Å². The first kappa shape index (κ1) is 19.0. The van der Waals surface area contributed by atoms with Gasteiger partial charge in [-0.25, -0.2) is 13.2 Å². The summed E-state index contributed by atoms with van der Waals surface area (Å²) >= 11 is 0. The molecule has 0 atom stereocenters. The summed E-state index contributed by atoms with van der Waals surface area (Å²) in [5.41, 5.74) is 1.23. The molecule has 0 aliphatic carbocycles. The van der Waals surface area contributed by atoms with Crippen LogP contribution < -0.4 is 10.6 Å². The smallest absolute Gasteiger partial charge is 0.272 e. The van der Waals surface area contributed by atoms with Crippen molar-refractivity contribution in [2.24, 2.45) is 7.05 Å². The normalized spacial score (nSPS) is 15.7. The van der Waals surface area contributed by atoms with Crippen LogP contribution in [0, 0.1) is 24.4 Å². The zero-order chi connectivity index (χ0) is 20.1. The first-order valence-corrected chi connectivity index (χ1v) is 8.48. The average Bonchev–Trinajstić information content (AvgIpc) is 2.74. The molecular formula is C19H20F3N3O2. The van der Waals surface area contributed by atoms with Gasteiger partial charge in [0.1, 0.15) is 5.69 Å². The Morgan fingerprint density at radius 1 is 1.22 bits per heavy atom. The second-order valence-electron chi connectivity index (χ2n) is 7.39. The van der Waals surface area contributed by atoms with Crippen molar-refractivity contribution in [2.45, 2.75) is 39.2 Å². The van der Waals surface area contributed by atoms with Crippen LogP contribution in [0.25, 0.3) is 0 Å². The summed E-state index contributed by atoms with van der Waals surface area (Å²) in [5.74, 6) is -5.28. The fourth-order valence-electron chi connectivity index (χ4n) is 3.40. The molecule has 2 amide bonds. The summed E-state index contributed by atoms with van der Waals surface area (Å²) < 4.78 is 41.5. The quantitative estimate of drug-likeness (QED) is 0.785. The van der Waals surface area contributed by atoms with Gasteiger partial charge in [0.25, 0.3) is 11.8 Å². The molecule has 27 heavy (non-hydrogen) atoms. The first-order chi connectivity index (χ1) is 12.5. The predicted octanol–water partition coefficient (Wildman–Crippen LogP) is 3.46. The van der Waals surface area contributed by atoms with Crippen LogP contribution in [0.4, 0.5) is 18.9 Å². The number of benzene rings is 1. The summed E-state index contributed by atoms with van der Waals surface area (Å²) in [5, 5.41) is 5.33. The van der Waals surface area contributed by atoms with Gasteiger partial charge in [-0.05, 0) is 39.2 Å². The molecule has 0 radical (unpaired) electrons. The van der Waals surface area contributed by atoms with Crippen LogP contribution >= 0.6 is 0 Å². The van der Waals surface area contributed by atoms with Crippen molar-refractivity contribution in [2.75, 3.05) is 5.32 Å². The van der Waals surface area contributed by atoms with E-state index >= 15 is 0 Å². The number of hydrogen-bond acceptors (Lipinski definition) is 2. The highest BCUT2D eigenvalue weighted by atomic mass is 19.2. The molecule has 2 N–H and O–H groups in total. The van der Waals surface area contributed by atoms with E-state index in [1.54, 1.807) is 18.5 Å². The number of carbonyl (C=O) groups excluding carboxylic acids is 2. The van der Waals surface area contributed by atoms with Crippen LogP contribution in [0.1, 0.15) is 52.4 Å². The Labute approximate surface area is 154 Å². The lowest BCUT2D eigenvalue weighted by Crippen LogP contribution is -2.42. The number of amides is 2. The Balaban J connectivity index is 2.02. The molecule has 0 unspecified atom stereocenters. The fourth-order valence-corrected chi connectivity index (χ4v) is 3.40. The average molecular weight is 379 g/mol. The van der Waals surface area contributed by atoms with E-state index in [2.05, 4.69) is 10.6 Å².